The standard InChI is InChI=1S/C14H12N4O3/c15-7-11-6-12(18(20)21)8-16-14(11)17-13(9-19)10-4-2-1-3-5-10/h1-6,8,13,19H,9H2,(H,16,17). The van der Waals surface area contributed by atoms with Crippen molar-refractivity contribution in [3.8, 4) is 6.07 Å². The van der Waals surface area contributed by atoms with Gasteiger partial charge in [-0.1, -0.05) is 30.3 Å². The second kappa shape index (κ2) is 6.45. The Morgan fingerprint density at radius 2 is 2.14 bits per heavy atom. The van der Waals surface area contributed by atoms with Gasteiger partial charge in [0.15, 0.2) is 0 Å². The fourth-order valence-corrected chi connectivity index (χ4v) is 1.84. The van der Waals surface area contributed by atoms with Gasteiger partial charge in [-0.15, -0.1) is 0 Å². The quantitative estimate of drug-likeness (QED) is 0.641. The number of nitrogens with zero attached hydrogens (tertiary/aromatic N) is 3. The van der Waals surface area contributed by atoms with Crippen LogP contribution >= 0.6 is 0 Å². The number of aliphatic hydroxyl groups is 1. The van der Waals surface area contributed by atoms with Crippen molar-refractivity contribution in [2.24, 2.45) is 0 Å². The Morgan fingerprint density at radius 3 is 2.71 bits per heavy atom. The van der Waals surface area contributed by atoms with E-state index in [0.717, 1.165) is 17.8 Å². The van der Waals surface area contributed by atoms with E-state index in [9.17, 15) is 15.2 Å². The summed E-state index contributed by atoms with van der Waals surface area (Å²) < 4.78 is 0. The van der Waals surface area contributed by atoms with E-state index in [-0.39, 0.29) is 23.7 Å². The number of anilines is 1. The van der Waals surface area contributed by atoms with E-state index in [1.807, 2.05) is 36.4 Å². The van der Waals surface area contributed by atoms with Gasteiger partial charge in [-0.25, -0.2) is 4.98 Å². The van der Waals surface area contributed by atoms with Crippen molar-refractivity contribution in [1.82, 2.24) is 4.98 Å². The number of nitro groups is 1. The molecule has 1 aromatic carbocycles. The first-order valence-electron chi connectivity index (χ1n) is 6.12. The molecule has 2 N–H and O–H groups in total. The van der Waals surface area contributed by atoms with Crippen LogP contribution < -0.4 is 5.32 Å². The molecule has 1 unspecified atom stereocenters. The van der Waals surface area contributed by atoms with Gasteiger partial charge in [0.1, 0.15) is 23.6 Å². The van der Waals surface area contributed by atoms with Crippen LogP contribution in [0, 0.1) is 21.4 Å². The van der Waals surface area contributed by atoms with E-state index in [1.54, 1.807) is 0 Å². The number of aliphatic hydroxyl groups excluding tert-OH is 1. The number of hydrogen-bond donors (Lipinski definition) is 2. The van der Waals surface area contributed by atoms with Crippen molar-refractivity contribution in [2.45, 2.75) is 6.04 Å². The molecule has 0 fully saturated rings. The van der Waals surface area contributed by atoms with Crippen molar-refractivity contribution >= 4 is 11.5 Å². The van der Waals surface area contributed by atoms with E-state index >= 15 is 0 Å². The lowest BCUT2D eigenvalue weighted by Crippen LogP contribution is -2.16. The lowest BCUT2D eigenvalue weighted by molar-refractivity contribution is -0.385. The van der Waals surface area contributed by atoms with Crippen LogP contribution in [0.5, 0.6) is 0 Å². The molecule has 1 heterocycles. The summed E-state index contributed by atoms with van der Waals surface area (Å²) in [6.07, 6.45) is 1.07. The van der Waals surface area contributed by atoms with Crippen LogP contribution in [0.4, 0.5) is 11.5 Å². The van der Waals surface area contributed by atoms with E-state index in [1.165, 1.54) is 0 Å². The van der Waals surface area contributed by atoms with E-state index in [2.05, 4.69) is 10.3 Å². The first-order chi connectivity index (χ1) is 10.2. The van der Waals surface area contributed by atoms with Crippen LogP contribution in [0.2, 0.25) is 0 Å². The molecule has 0 saturated carbocycles. The lowest BCUT2D eigenvalue weighted by Gasteiger charge is -2.17. The number of aromatic nitrogens is 1. The molecule has 7 heteroatoms. The van der Waals surface area contributed by atoms with Crippen LogP contribution in [0.25, 0.3) is 0 Å². The zero-order valence-electron chi connectivity index (χ0n) is 10.9. The maximum atomic E-state index is 10.7. The molecule has 0 saturated heterocycles. The van der Waals surface area contributed by atoms with Gasteiger partial charge in [0, 0.05) is 6.07 Å². The Kier molecular flexibility index (Phi) is 4.43. The Morgan fingerprint density at radius 1 is 1.43 bits per heavy atom. The zero-order valence-corrected chi connectivity index (χ0v) is 10.9. The smallest absolute Gasteiger partial charge is 0.289 e. The molecule has 7 nitrogen and oxygen atoms in total. The largest absolute Gasteiger partial charge is 0.394 e. The van der Waals surface area contributed by atoms with Crippen LogP contribution in [0.3, 0.4) is 0 Å². The number of pyridine rings is 1. The molecule has 1 aromatic heterocycles. The number of rotatable bonds is 5. The highest BCUT2D eigenvalue weighted by Crippen LogP contribution is 2.23. The highest BCUT2D eigenvalue weighted by molar-refractivity contribution is 5.56. The van der Waals surface area contributed by atoms with Crippen molar-refractivity contribution < 1.29 is 10.0 Å². The molecule has 0 aliphatic rings. The van der Waals surface area contributed by atoms with Gasteiger partial charge in [0.05, 0.1) is 17.6 Å². The maximum Gasteiger partial charge on any atom is 0.289 e. The summed E-state index contributed by atoms with van der Waals surface area (Å²) in [5.41, 5.74) is 0.625. The molecule has 2 aromatic rings. The third kappa shape index (κ3) is 3.32. The highest BCUT2D eigenvalue weighted by Gasteiger charge is 2.16. The third-order valence-electron chi connectivity index (χ3n) is 2.90. The fourth-order valence-electron chi connectivity index (χ4n) is 1.84. The summed E-state index contributed by atoms with van der Waals surface area (Å²) >= 11 is 0. The van der Waals surface area contributed by atoms with Gasteiger partial charge in [-0.05, 0) is 5.56 Å². The van der Waals surface area contributed by atoms with Crippen LogP contribution in [0.15, 0.2) is 42.6 Å². The van der Waals surface area contributed by atoms with Gasteiger partial charge in [-0.3, -0.25) is 10.1 Å². The minimum Gasteiger partial charge on any atom is -0.394 e. The van der Waals surface area contributed by atoms with E-state index in [0.29, 0.717) is 0 Å². The minimum absolute atomic E-state index is 0.0542. The average molecular weight is 284 g/mol. The summed E-state index contributed by atoms with van der Waals surface area (Å²) in [6, 6.07) is 11.7. The molecular weight excluding hydrogens is 272 g/mol. The predicted molar refractivity (Wildman–Crippen MR) is 75.5 cm³/mol. The number of nitrogens with one attached hydrogen (secondary N) is 1. The third-order valence-corrected chi connectivity index (χ3v) is 2.90. The van der Waals surface area contributed by atoms with Crippen LogP contribution in [0.1, 0.15) is 17.2 Å². The van der Waals surface area contributed by atoms with Gasteiger partial charge in [0.25, 0.3) is 5.69 Å². The topological polar surface area (TPSA) is 112 Å². The minimum atomic E-state index is -0.613. The van der Waals surface area contributed by atoms with E-state index < -0.39 is 11.0 Å². The summed E-state index contributed by atoms with van der Waals surface area (Å²) in [5.74, 6) is 0.200. The molecular formula is C14H12N4O3. The summed E-state index contributed by atoms with van der Waals surface area (Å²) in [6.45, 7) is -0.201. The highest BCUT2D eigenvalue weighted by atomic mass is 16.6. The second-order valence-electron chi connectivity index (χ2n) is 4.25. The van der Waals surface area contributed by atoms with Gasteiger partial charge in [0.2, 0.25) is 0 Å². The summed E-state index contributed by atoms with van der Waals surface area (Å²) in [7, 11) is 0. The molecule has 106 valence electrons. The fraction of sp³-hybridized carbons (Fsp3) is 0.143. The lowest BCUT2D eigenvalue weighted by atomic mass is 10.1. The molecule has 0 aliphatic heterocycles. The SMILES string of the molecule is N#Cc1cc([N+](=O)[O-])cnc1NC(CO)c1ccccc1. The molecule has 0 bridgehead atoms. The average Bonchev–Trinajstić information content (AvgIpc) is 2.53. The van der Waals surface area contributed by atoms with Crippen molar-refractivity contribution in [1.29, 1.82) is 5.26 Å². The first-order valence-corrected chi connectivity index (χ1v) is 6.12. The van der Waals surface area contributed by atoms with Crippen molar-refractivity contribution in [3.63, 3.8) is 0 Å². The van der Waals surface area contributed by atoms with Gasteiger partial charge >= 0.3 is 0 Å². The van der Waals surface area contributed by atoms with Crippen LogP contribution in [-0.4, -0.2) is 21.6 Å². The Balaban J connectivity index is 2.30. The molecule has 2 rings (SSSR count). The zero-order chi connectivity index (χ0) is 15.2. The Bertz CT molecular complexity index is 682. The second-order valence-corrected chi connectivity index (χ2v) is 4.25. The summed E-state index contributed by atoms with van der Waals surface area (Å²) in [4.78, 5) is 14.0. The number of nitriles is 1. The molecule has 0 aliphatic carbocycles. The molecule has 0 radical (unpaired) electrons. The molecule has 0 spiro atoms. The monoisotopic (exact) mass is 284 g/mol. The van der Waals surface area contributed by atoms with Gasteiger partial charge in [-0.2, -0.15) is 5.26 Å². The normalized spacial score (nSPS) is 11.4. The first kappa shape index (κ1) is 14.4. The summed E-state index contributed by atoms with van der Waals surface area (Å²) in [5, 5.41) is 32.1. The number of benzene rings is 1. The Hall–Kier alpha value is -2.98. The predicted octanol–water partition coefficient (Wildman–Crippen LogP) is 2.01. The van der Waals surface area contributed by atoms with E-state index in [4.69, 9.17) is 5.26 Å². The maximum absolute atomic E-state index is 10.7. The van der Waals surface area contributed by atoms with Crippen molar-refractivity contribution in [2.75, 3.05) is 11.9 Å². The number of hydrogen-bond acceptors (Lipinski definition) is 6. The molecule has 21 heavy (non-hydrogen) atoms. The Labute approximate surface area is 120 Å². The van der Waals surface area contributed by atoms with Crippen LogP contribution in [-0.2, 0) is 0 Å². The molecule has 1 atom stereocenters. The molecule has 0 amide bonds. The van der Waals surface area contributed by atoms with Gasteiger partial charge < -0.3 is 10.4 Å². The van der Waals surface area contributed by atoms with Crippen molar-refractivity contribution in [3.05, 3.63) is 63.8 Å².